The number of nitrogens with zero attached hydrogens (tertiary/aromatic N) is 2. The van der Waals surface area contributed by atoms with Crippen molar-refractivity contribution in [2.45, 2.75) is 6.04 Å². The van der Waals surface area contributed by atoms with Gasteiger partial charge < -0.3 is 15.3 Å². The molecule has 0 aliphatic carbocycles. The molecule has 0 spiro atoms. The third-order valence-corrected chi connectivity index (χ3v) is 3.48. The van der Waals surface area contributed by atoms with Crippen LogP contribution in [-0.2, 0) is 4.79 Å². The molecular weight excluding hydrogens is 260 g/mol. The SMILES string of the molecule is O=C(O)C1CNCCN1C(=O)c1ccc2cn[nH]c2c1. The first kappa shape index (κ1) is 12.6. The van der Waals surface area contributed by atoms with Crippen LogP contribution in [0, 0.1) is 0 Å². The first-order valence-electron chi connectivity index (χ1n) is 6.34. The largest absolute Gasteiger partial charge is 0.480 e. The molecular formula is C13H14N4O3. The molecule has 2 aromatic rings. The zero-order valence-corrected chi connectivity index (χ0v) is 10.7. The summed E-state index contributed by atoms with van der Waals surface area (Å²) >= 11 is 0. The molecule has 1 atom stereocenters. The van der Waals surface area contributed by atoms with Gasteiger partial charge >= 0.3 is 5.97 Å². The van der Waals surface area contributed by atoms with Gasteiger partial charge in [-0.15, -0.1) is 0 Å². The summed E-state index contributed by atoms with van der Waals surface area (Å²) in [4.78, 5) is 25.1. The molecule has 1 saturated heterocycles. The highest BCUT2D eigenvalue weighted by molar-refractivity contribution is 5.99. The smallest absolute Gasteiger partial charge is 0.327 e. The number of piperazine rings is 1. The van der Waals surface area contributed by atoms with E-state index in [0.717, 1.165) is 10.9 Å². The van der Waals surface area contributed by atoms with Crippen molar-refractivity contribution >= 4 is 22.8 Å². The van der Waals surface area contributed by atoms with E-state index in [4.69, 9.17) is 0 Å². The quantitative estimate of drug-likeness (QED) is 0.719. The molecule has 2 heterocycles. The van der Waals surface area contributed by atoms with Gasteiger partial charge in [0.05, 0.1) is 11.7 Å². The molecule has 7 heteroatoms. The Morgan fingerprint density at radius 1 is 1.40 bits per heavy atom. The van der Waals surface area contributed by atoms with Crippen LogP contribution in [0.3, 0.4) is 0 Å². The normalized spacial score (nSPS) is 19.2. The van der Waals surface area contributed by atoms with Crippen LogP contribution < -0.4 is 5.32 Å². The van der Waals surface area contributed by atoms with Crippen LogP contribution in [0.25, 0.3) is 10.9 Å². The summed E-state index contributed by atoms with van der Waals surface area (Å²) in [6.45, 7) is 1.26. The second kappa shape index (κ2) is 4.93. The summed E-state index contributed by atoms with van der Waals surface area (Å²) in [5, 5.41) is 19.8. The lowest BCUT2D eigenvalue weighted by Gasteiger charge is -2.33. The van der Waals surface area contributed by atoms with E-state index in [1.165, 1.54) is 4.90 Å². The minimum Gasteiger partial charge on any atom is -0.480 e. The van der Waals surface area contributed by atoms with Crippen LogP contribution in [0.15, 0.2) is 24.4 Å². The summed E-state index contributed by atoms with van der Waals surface area (Å²) in [5.74, 6) is -1.26. The second-order valence-corrected chi connectivity index (χ2v) is 4.73. The number of rotatable bonds is 2. The Kier molecular flexibility index (Phi) is 3.11. The van der Waals surface area contributed by atoms with Gasteiger partial charge in [0.2, 0.25) is 0 Å². The molecule has 1 aromatic carbocycles. The fourth-order valence-corrected chi connectivity index (χ4v) is 2.40. The Morgan fingerprint density at radius 2 is 2.25 bits per heavy atom. The number of aromatic nitrogens is 2. The van der Waals surface area contributed by atoms with Crippen LogP contribution in [-0.4, -0.2) is 57.8 Å². The fourth-order valence-electron chi connectivity index (χ4n) is 2.40. The molecule has 7 nitrogen and oxygen atoms in total. The van der Waals surface area contributed by atoms with Crippen molar-refractivity contribution in [2.75, 3.05) is 19.6 Å². The molecule has 0 saturated carbocycles. The maximum atomic E-state index is 12.5. The van der Waals surface area contributed by atoms with Crippen LogP contribution in [0.5, 0.6) is 0 Å². The average molecular weight is 274 g/mol. The van der Waals surface area contributed by atoms with Gasteiger partial charge in [-0.05, 0) is 12.1 Å². The minimum atomic E-state index is -0.992. The van der Waals surface area contributed by atoms with Crippen LogP contribution in [0.2, 0.25) is 0 Å². The van der Waals surface area contributed by atoms with Crippen LogP contribution >= 0.6 is 0 Å². The molecule has 0 radical (unpaired) electrons. The van der Waals surface area contributed by atoms with E-state index in [1.54, 1.807) is 24.4 Å². The van der Waals surface area contributed by atoms with Crippen molar-refractivity contribution < 1.29 is 14.7 Å². The van der Waals surface area contributed by atoms with E-state index in [9.17, 15) is 14.7 Å². The van der Waals surface area contributed by atoms with Gasteiger partial charge in [0.15, 0.2) is 0 Å². The number of carbonyl (C=O) groups is 2. The van der Waals surface area contributed by atoms with Gasteiger partial charge in [0.25, 0.3) is 5.91 Å². The number of carboxylic acids is 1. The highest BCUT2D eigenvalue weighted by Gasteiger charge is 2.32. The third kappa shape index (κ3) is 2.12. The molecule has 0 bridgehead atoms. The van der Waals surface area contributed by atoms with Gasteiger partial charge in [-0.25, -0.2) is 4.79 Å². The van der Waals surface area contributed by atoms with E-state index in [2.05, 4.69) is 15.5 Å². The predicted molar refractivity (Wildman–Crippen MR) is 71.4 cm³/mol. The number of aromatic amines is 1. The zero-order valence-electron chi connectivity index (χ0n) is 10.7. The number of H-pyrrole nitrogens is 1. The first-order chi connectivity index (χ1) is 9.66. The predicted octanol–water partition coefficient (Wildman–Crippen LogP) is 0.0615. The van der Waals surface area contributed by atoms with E-state index in [1.807, 2.05) is 0 Å². The summed E-state index contributed by atoms with van der Waals surface area (Å²) in [5.41, 5.74) is 1.23. The Labute approximate surface area is 114 Å². The maximum absolute atomic E-state index is 12.5. The van der Waals surface area contributed by atoms with Crippen molar-refractivity contribution in [3.63, 3.8) is 0 Å². The maximum Gasteiger partial charge on any atom is 0.327 e. The molecule has 1 aliphatic heterocycles. The number of carbonyl (C=O) groups excluding carboxylic acids is 1. The molecule has 1 unspecified atom stereocenters. The van der Waals surface area contributed by atoms with Gasteiger partial charge in [0.1, 0.15) is 6.04 Å². The number of amides is 1. The lowest BCUT2D eigenvalue weighted by atomic mass is 10.1. The highest BCUT2D eigenvalue weighted by Crippen LogP contribution is 2.16. The molecule has 3 rings (SSSR count). The zero-order chi connectivity index (χ0) is 14.1. The first-order valence-corrected chi connectivity index (χ1v) is 6.34. The Morgan fingerprint density at radius 3 is 3.05 bits per heavy atom. The summed E-state index contributed by atoms with van der Waals surface area (Å²) in [6, 6.07) is 4.37. The standard InChI is InChI=1S/C13H14N4O3/c18-12(17-4-3-14-7-11(17)13(19)20)8-1-2-9-6-15-16-10(9)5-8/h1-2,5-6,11,14H,3-4,7H2,(H,15,16)(H,19,20). The van der Waals surface area contributed by atoms with Crippen molar-refractivity contribution in [1.29, 1.82) is 0 Å². The van der Waals surface area contributed by atoms with E-state index >= 15 is 0 Å². The summed E-state index contributed by atoms with van der Waals surface area (Å²) in [6.07, 6.45) is 1.68. The molecule has 1 aromatic heterocycles. The van der Waals surface area contributed by atoms with E-state index < -0.39 is 12.0 Å². The summed E-state index contributed by atoms with van der Waals surface area (Å²) in [7, 11) is 0. The van der Waals surface area contributed by atoms with E-state index in [0.29, 0.717) is 18.7 Å². The summed E-state index contributed by atoms with van der Waals surface area (Å²) < 4.78 is 0. The lowest BCUT2D eigenvalue weighted by molar-refractivity contribution is -0.142. The molecule has 1 amide bonds. The van der Waals surface area contributed by atoms with Crippen molar-refractivity contribution in [1.82, 2.24) is 20.4 Å². The number of fused-ring (bicyclic) bond motifs is 1. The van der Waals surface area contributed by atoms with Gasteiger partial charge in [-0.3, -0.25) is 9.89 Å². The van der Waals surface area contributed by atoms with Gasteiger partial charge in [-0.1, -0.05) is 6.07 Å². The van der Waals surface area contributed by atoms with E-state index in [-0.39, 0.29) is 12.5 Å². The monoisotopic (exact) mass is 274 g/mol. The average Bonchev–Trinajstić information content (AvgIpc) is 2.93. The number of hydrogen-bond acceptors (Lipinski definition) is 4. The Hall–Kier alpha value is -2.41. The molecule has 1 aliphatic rings. The lowest BCUT2D eigenvalue weighted by Crippen LogP contribution is -2.56. The molecule has 20 heavy (non-hydrogen) atoms. The van der Waals surface area contributed by atoms with Crippen molar-refractivity contribution in [3.8, 4) is 0 Å². The number of carboxylic acid groups (broad SMARTS) is 1. The Balaban J connectivity index is 1.91. The van der Waals surface area contributed by atoms with Crippen LogP contribution in [0.1, 0.15) is 10.4 Å². The van der Waals surface area contributed by atoms with Crippen molar-refractivity contribution in [2.24, 2.45) is 0 Å². The highest BCUT2D eigenvalue weighted by atomic mass is 16.4. The number of nitrogens with one attached hydrogen (secondary N) is 2. The van der Waals surface area contributed by atoms with Gasteiger partial charge in [-0.2, -0.15) is 5.10 Å². The number of aliphatic carboxylic acids is 1. The van der Waals surface area contributed by atoms with Crippen LogP contribution in [0.4, 0.5) is 0 Å². The number of benzene rings is 1. The van der Waals surface area contributed by atoms with Crippen molar-refractivity contribution in [3.05, 3.63) is 30.0 Å². The molecule has 3 N–H and O–H groups in total. The third-order valence-electron chi connectivity index (χ3n) is 3.48. The fraction of sp³-hybridized carbons (Fsp3) is 0.308. The number of hydrogen-bond donors (Lipinski definition) is 3. The minimum absolute atomic E-state index is 0.268. The Bertz CT molecular complexity index is 666. The molecule has 1 fully saturated rings. The topological polar surface area (TPSA) is 98.3 Å². The second-order valence-electron chi connectivity index (χ2n) is 4.73. The van der Waals surface area contributed by atoms with Gasteiger partial charge in [0, 0.05) is 30.6 Å². The molecule has 104 valence electrons.